The summed E-state index contributed by atoms with van der Waals surface area (Å²) >= 11 is 0. The maximum Gasteiger partial charge on any atom is 0.339 e. The summed E-state index contributed by atoms with van der Waals surface area (Å²) in [7, 11) is 0. The molecule has 11 heteroatoms. The Morgan fingerprint density at radius 3 is 2.30 bits per heavy atom. The Kier molecular flexibility index (Phi) is 7.34. The molecule has 0 spiro atoms. The highest BCUT2D eigenvalue weighted by atomic mass is 16.5. The summed E-state index contributed by atoms with van der Waals surface area (Å²) in [5, 5.41) is 7.75. The van der Waals surface area contributed by atoms with Gasteiger partial charge in [0, 0.05) is 24.3 Å². The number of amides is 5. The standard InChI is InChI=1S/C22H23N5O6/c1-3-33-21(31)16-8-9-17(24-13(16)2)20(30)26-15-6-4-14(5-7-15)25-18(28)10-11-27-19(29)12-23-22(27)32/h4-9H,3,10-12H2,1-2H3,(H,23,32)(H,25,28)(H,26,30). The largest absolute Gasteiger partial charge is 0.462 e. The Hall–Kier alpha value is -4.28. The van der Waals surface area contributed by atoms with E-state index >= 15 is 0 Å². The van der Waals surface area contributed by atoms with E-state index in [0.717, 1.165) is 4.90 Å². The number of urea groups is 1. The molecule has 0 radical (unpaired) electrons. The number of nitrogens with zero attached hydrogens (tertiary/aromatic N) is 2. The fraction of sp³-hybridized carbons (Fsp3) is 0.273. The predicted octanol–water partition coefficient (Wildman–Crippen LogP) is 1.70. The van der Waals surface area contributed by atoms with E-state index in [2.05, 4.69) is 20.9 Å². The van der Waals surface area contributed by atoms with Gasteiger partial charge in [-0.1, -0.05) is 0 Å². The average Bonchev–Trinajstić information content (AvgIpc) is 3.10. The second-order valence-electron chi connectivity index (χ2n) is 7.08. The summed E-state index contributed by atoms with van der Waals surface area (Å²) in [6.45, 7) is 3.50. The quantitative estimate of drug-likeness (QED) is 0.407. The lowest BCUT2D eigenvalue weighted by Gasteiger charge is -2.12. The molecule has 0 bridgehead atoms. The molecule has 11 nitrogen and oxygen atoms in total. The number of rotatable bonds is 8. The molecule has 3 rings (SSSR count). The molecule has 1 aromatic heterocycles. The minimum absolute atomic E-state index is 0.00792. The van der Waals surface area contributed by atoms with Gasteiger partial charge < -0.3 is 20.7 Å². The second-order valence-corrected chi connectivity index (χ2v) is 7.08. The number of nitrogens with one attached hydrogen (secondary N) is 3. The third-order valence-electron chi connectivity index (χ3n) is 4.74. The van der Waals surface area contributed by atoms with Gasteiger partial charge in [-0.3, -0.25) is 19.3 Å². The molecule has 1 saturated heterocycles. The highest BCUT2D eigenvalue weighted by Crippen LogP contribution is 2.16. The van der Waals surface area contributed by atoms with Gasteiger partial charge in [0.15, 0.2) is 0 Å². The number of aromatic nitrogens is 1. The zero-order chi connectivity index (χ0) is 24.0. The van der Waals surface area contributed by atoms with Gasteiger partial charge in [0.1, 0.15) is 5.69 Å². The molecule has 0 saturated carbocycles. The van der Waals surface area contributed by atoms with Crippen molar-refractivity contribution in [3.05, 3.63) is 53.3 Å². The Morgan fingerprint density at radius 1 is 1.06 bits per heavy atom. The van der Waals surface area contributed by atoms with Crippen LogP contribution >= 0.6 is 0 Å². The number of hydrogen-bond acceptors (Lipinski definition) is 7. The van der Waals surface area contributed by atoms with Crippen molar-refractivity contribution in [2.75, 3.05) is 30.3 Å². The van der Waals surface area contributed by atoms with Crippen LogP contribution in [0.2, 0.25) is 0 Å². The van der Waals surface area contributed by atoms with Gasteiger partial charge in [-0.25, -0.2) is 14.6 Å². The van der Waals surface area contributed by atoms with Crippen molar-refractivity contribution in [3.8, 4) is 0 Å². The van der Waals surface area contributed by atoms with Crippen molar-refractivity contribution in [3.63, 3.8) is 0 Å². The van der Waals surface area contributed by atoms with E-state index in [-0.39, 0.29) is 43.6 Å². The van der Waals surface area contributed by atoms with Crippen LogP contribution in [0.15, 0.2) is 36.4 Å². The molecular weight excluding hydrogens is 430 g/mol. The number of pyridine rings is 1. The monoisotopic (exact) mass is 453 g/mol. The summed E-state index contributed by atoms with van der Waals surface area (Å²) in [6, 6.07) is 8.83. The molecule has 5 amide bonds. The van der Waals surface area contributed by atoms with Gasteiger partial charge in [-0.15, -0.1) is 0 Å². The topological polar surface area (TPSA) is 147 Å². The maximum atomic E-state index is 12.5. The fourth-order valence-corrected chi connectivity index (χ4v) is 3.06. The van der Waals surface area contributed by atoms with Crippen molar-refractivity contribution in [2.24, 2.45) is 0 Å². The van der Waals surface area contributed by atoms with Crippen molar-refractivity contribution in [2.45, 2.75) is 20.3 Å². The van der Waals surface area contributed by atoms with Crippen molar-refractivity contribution in [1.82, 2.24) is 15.2 Å². The number of ether oxygens (including phenoxy) is 1. The number of benzene rings is 1. The van der Waals surface area contributed by atoms with E-state index in [9.17, 15) is 24.0 Å². The predicted molar refractivity (Wildman–Crippen MR) is 118 cm³/mol. The first kappa shape index (κ1) is 23.4. The second kappa shape index (κ2) is 10.4. The summed E-state index contributed by atoms with van der Waals surface area (Å²) in [5.74, 6) is -1.69. The van der Waals surface area contributed by atoms with Crippen LogP contribution in [0.3, 0.4) is 0 Å². The summed E-state index contributed by atoms with van der Waals surface area (Å²) in [4.78, 5) is 64.6. The smallest absolute Gasteiger partial charge is 0.339 e. The Bertz CT molecular complexity index is 1080. The van der Waals surface area contributed by atoms with Crippen LogP contribution in [0.5, 0.6) is 0 Å². The molecule has 2 aromatic rings. The lowest BCUT2D eigenvalue weighted by molar-refractivity contribution is -0.125. The highest BCUT2D eigenvalue weighted by molar-refractivity contribution is 6.04. The van der Waals surface area contributed by atoms with Crippen LogP contribution in [0.25, 0.3) is 0 Å². The van der Waals surface area contributed by atoms with E-state index in [0.29, 0.717) is 22.6 Å². The van der Waals surface area contributed by atoms with Gasteiger partial charge >= 0.3 is 12.0 Å². The minimum Gasteiger partial charge on any atom is -0.462 e. The van der Waals surface area contributed by atoms with Crippen LogP contribution in [0, 0.1) is 6.92 Å². The van der Waals surface area contributed by atoms with Crippen LogP contribution in [0.4, 0.5) is 16.2 Å². The van der Waals surface area contributed by atoms with Crippen molar-refractivity contribution in [1.29, 1.82) is 0 Å². The van der Waals surface area contributed by atoms with E-state index < -0.39 is 17.9 Å². The molecule has 0 atom stereocenters. The van der Waals surface area contributed by atoms with E-state index in [1.807, 2.05) is 0 Å². The lowest BCUT2D eigenvalue weighted by atomic mass is 10.2. The first-order chi connectivity index (χ1) is 15.8. The van der Waals surface area contributed by atoms with E-state index in [1.165, 1.54) is 12.1 Å². The molecule has 1 aromatic carbocycles. The SMILES string of the molecule is CCOC(=O)c1ccc(C(=O)Nc2ccc(NC(=O)CCN3C(=O)CNC3=O)cc2)nc1C. The summed E-state index contributed by atoms with van der Waals surface area (Å²) in [6.07, 6.45) is -0.0372. The number of esters is 1. The van der Waals surface area contributed by atoms with Gasteiger partial charge in [-0.2, -0.15) is 0 Å². The van der Waals surface area contributed by atoms with Gasteiger partial charge in [0.05, 0.1) is 24.4 Å². The van der Waals surface area contributed by atoms with Crippen LogP contribution in [-0.4, -0.2) is 59.3 Å². The molecular formula is C22H23N5O6. The Labute approximate surface area is 189 Å². The Morgan fingerprint density at radius 2 is 1.73 bits per heavy atom. The lowest BCUT2D eigenvalue weighted by Crippen LogP contribution is -2.33. The van der Waals surface area contributed by atoms with Crippen molar-refractivity contribution < 1.29 is 28.7 Å². The van der Waals surface area contributed by atoms with Crippen LogP contribution in [0.1, 0.15) is 39.9 Å². The number of carbonyl (C=O) groups excluding carboxylic acids is 5. The normalized spacial score (nSPS) is 12.8. The number of anilines is 2. The number of carbonyl (C=O) groups is 5. The molecule has 0 unspecified atom stereocenters. The number of hydrogen-bond donors (Lipinski definition) is 3. The van der Waals surface area contributed by atoms with Crippen molar-refractivity contribution >= 4 is 41.1 Å². The number of aryl methyl sites for hydroxylation is 1. The molecule has 1 aliphatic heterocycles. The first-order valence-corrected chi connectivity index (χ1v) is 10.2. The molecule has 3 N–H and O–H groups in total. The molecule has 1 fully saturated rings. The zero-order valence-electron chi connectivity index (χ0n) is 18.1. The Balaban J connectivity index is 1.53. The molecule has 172 valence electrons. The number of imide groups is 1. The minimum atomic E-state index is -0.506. The van der Waals surface area contributed by atoms with Crippen LogP contribution < -0.4 is 16.0 Å². The van der Waals surface area contributed by atoms with Gasteiger partial charge in [0.2, 0.25) is 11.8 Å². The first-order valence-electron chi connectivity index (χ1n) is 10.2. The average molecular weight is 453 g/mol. The maximum absolute atomic E-state index is 12.5. The third kappa shape index (κ3) is 5.91. The molecule has 33 heavy (non-hydrogen) atoms. The summed E-state index contributed by atoms with van der Waals surface area (Å²) < 4.78 is 4.95. The van der Waals surface area contributed by atoms with E-state index in [4.69, 9.17) is 4.74 Å². The van der Waals surface area contributed by atoms with Gasteiger partial charge in [0.25, 0.3) is 5.91 Å². The third-order valence-corrected chi connectivity index (χ3v) is 4.74. The zero-order valence-corrected chi connectivity index (χ0v) is 18.1. The van der Waals surface area contributed by atoms with Crippen LogP contribution in [-0.2, 0) is 14.3 Å². The van der Waals surface area contributed by atoms with Gasteiger partial charge in [-0.05, 0) is 50.2 Å². The molecule has 1 aliphatic rings. The van der Waals surface area contributed by atoms with E-state index in [1.54, 1.807) is 38.1 Å². The molecule has 2 heterocycles. The summed E-state index contributed by atoms with van der Waals surface area (Å²) in [5.41, 5.74) is 1.78. The fourth-order valence-electron chi connectivity index (χ4n) is 3.06. The molecule has 0 aliphatic carbocycles. The highest BCUT2D eigenvalue weighted by Gasteiger charge is 2.28.